The van der Waals surface area contributed by atoms with E-state index < -0.39 is 0 Å². The number of carbonyl (C=O) groups excluding carboxylic acids is 2. The molecule has 1 heterocycles. The van der Waals surface area contributed by atoms with Gasteiger partial charge in [-0.05, 0) is 31.6 Å². The number of likely N-dealkylation sites (tertiary alicyclic amines) is 1. The fourth-order valence-corrected chi connectivity index (χ4v) is 3.39. The number of nitrogens with one attached hydrogen (secondary N) is 1. The van der Waals surface area contributed by atoms with Crippen molar-refractivity contribution in [2.45, 2.75) is 51.0 Å². The van der Waals surface area contributed by atoms with Crippen LogP contribution in [0.4, 0.5) is 4.79 Å². The van der Waals surface area contributed by atoms with E-state index in [0.717, 1.165) is 19.4 Å². The molecule has 1 saturated heterocycles. The average Bonchev–Trinajstić information content (AvgIpc) is 3.00. The Kier molecular flexibility index (Phi) is 4.87. The number of hydrogen-bond donors (Lipinski definition) is 1. The summed E-state index contributed by atoms with van der Waals surface area (Å²) in [7, 11) is 0. The molecule has 3 amide bonds. The summed E-state index contributed by atoms with van der Waals surface area (Å²) < 4.78 is 0. The molecule has 0 aromatic heterocycles. The predicted octanol–water partition coefficient (Wildman–Crippen LogP) is 2.51. The highest BCUT2D eigenvalue weighted by Gasteiger charge is 2.36. The second-order valence-corrected chi connectivity index (χ2v) is 5.62. The van der Waals surface area contributed by atoms with Crippen molar-refractivity contribution in [2.24, 2.45) is 5.92 Å². The zero-order valence-corrected chi connectivity index (χ0v) is 11.4. The van der Waals surface area contributed by atoms with Crippen LogP contribution in [-0.2, 0) is 4.79 Å². The van der Waals surface area contributed by atoms with Gasteiger partial charge in [-0.1, -0.05) is 12.8 Å². The van der Waals surface area contributed by atoms with E-state index in [-0.39, 0.29) is 24.2 Å². The number of urea groups is 1. The van der Waals surface area contributed by atoms with Gasteiger partial charge in [0.1, 0.15) is 0 Å². The van der Waals surface area contributed by atoms with Crippen LogP contribution in [0.25, 0.3) is 0 Å². The van der Waals surface area contributed by atoms with Crippen molar-refractivity contribution in [3.63, 3.8) is 0 Å². The van der Waals surface area contributed by atoms with Gasteiger partial charge >= 0.3 is 6.03 Å². The fourth-order valence-electron chi connectivity index (χ4n) is 3.22. The molecule has 1 atom stereocenters. The number of nitrogens with zero attached hydrogens (tertiary/aromatic N) is 1. The van der Waals surface area contributed by atoms with Crippen molar-refractivity contribution in [3.05, 3.63) is 0 Å². The van der Waals surface area contributed by atoms with Crippen LogP contribution in [0.15, 0.2) is 0 Å². The Balaban J connectivity index is 1.89. The maximum Gasteiger partial charge on any atom is 0.324 e. The lowest BCUT2D eigenvalue weighted by Gasteiger charge is -2.29. The Morgan fingerprint density at radius 1 is 1.17 bits per heavy atom. The lowest BCUT2D eigenvalue weighted by molar-refractivity contribution is -0.119. The van der Waals surface area contributed by atoms with Crippen molar-refractivity contribution in [1.29, 1.82) is 0 Å². The quantitative estimate of drug-likeness (QED) is 0.803. The van der Waals surface area contributed by atoms with Crippen LogP contribution in [-0.4, -0.2) is 35.3 Å². The Morgan fingerprint density at radius 2 is 1.89 bits per heavy atom. The van der Waals surface area contributed by atoms with Crippen molar-refractivity contribution in [3.8, 4) is 0 Å². The molecule has 1 unspecified atom stereocenters. The summed E-state index contributed by atoms with van der Waals surface area (Å²) in [6.07, 6.45) is 7.35. The van der Waals surface area contributed by atoms with Crippen LogP contribution in [0.2, 0.25) is 0 Å². The van der Waals surface area contributed by atoms with Gasteiger partial charge in [-0.2, -0.15) is 0 Å². The van der Waals surface area contributed by atoms with E-state index in [9.17, 15) is 9.59 Å². The molecule has 2 fully saturated rings. The van der Waals surface area contributed by atoms with E-state index in [1.807, 2.05) is 4.90 Å². The lowest BCUT2D eigenvalue weighted by atomic mass is 9.96. The van der Waals surface area contributed by atoms with Crippen molar-refractivity contribution < 1.29 is 9.59 Å². The van der Waals surface area contributed by atoms with Crippen LogP contribution in [0.1, 0.15) is 44.9 Å². The first-order chi connectivity index (χ1) is 8.72. The summed E-state index contributed by atoms with van der Waals surface area (Å²) in [5, 5.41) is 2.44. The Bertz CT molecular complexity index is 316. The molecule has 5 heteroatoms. The molecule has 102 valence electrons. The molecular formula is C13H21ClN2O2. The number of rotatable bonds is 3. The first kappa shape index (κ1) is 13.7. The van der Waals surface area contributed by atoms with Crippen LogP contribution in [0, 0.1) is 5.92 Å². The van der Waals surface area contributed by atoms with Gasteiger partial charge in [0.2, 0.25) is 5.91 Å². The van der Waals surface area contributed by atoms with Crippen LogP contribution in [0.3, 0.4) is 0 Å². The molecule has 18 heavy (non-hydrogen) atoms. The van der Waals surface area contributed by atoms with Crippen molar-refractivity contribution in [1.82, 2.24) is 10.2 Å². The van der Waals surface area contributed by atoms with E-state index in [1.54, 1.807) is 0 Å². The lowest BCUT2D eigenvalue weighted by Crippen LogP contribution is -2.47. The highest BCUT2D eigenvalue weighted by molar-refractivity contribution is 6.19. The van der Waals surface area contributed by atoms with Crippen LogP contribution >= 0.6 is 11.6 Å². The van der Waals surface area contributed by atoms with E-state index in [2.05, 4.69) is 5.32 Å². The summed E-state index contributed by atoms with van der Waals surface area (Å²) in [5.41, 5.74) is 0. The minimum absolute atomic E-state index is 0.204. The standard InChI is InChI=1S/C13H21ClN2O2/c14-8-7-12(17)15-13(18)16-9-3-6-11(16)10-4-1-2-5-10/h10-11H,1-9H2,(H,15,17,18). The monoisotopic (exact) mass is 272 g/mol. The minimum atomic E-state index is -0.271. The zero-order chi connectivity index (χ0) is 13.0. The van der Waals surface area contributed by atoms with E-state index in [0.29, 0.717) is 12.0 Å². The van der Waals surface area contributed by atoms with Gasteiger partial charge < -0.3 is 4.90 Å². The second kappa shape index (κ2) is 6.41. The Labute approximate surface area is 113 Å². The highest BCUT2D eigenvalue weighted by Crippen LogP contribution is 2.35. The molecule has 1 aliphatic carbocycles. The molecule has 1 aliphatic heterocycles. The number of carbonyl (C=O) groups is 2. The Hall–Kier alpha value is -0.770. The number of imide groups is 1. The summed E-state index contributed by atoms with van der Waals surface area (Å²) in [6.45, 7) is 0.779. The third-order valence-electron chi connectivity index (χ3n) is 4.07. The van der Waals surface area contributed by atoms with Gasteiger partial charge in [0.25, 0.3) is 0 Å². The van der Waals surface area contributed by atoms with E-state index in [4.69, 9.17) is 11.6 Å². The normalized spacial score (nSPS) is 24.5. The SMILES string of the molecule is O=C(CCCl)NC(=O)N1CCCC1C1CCCC1. The summed E-state index contributed by atoms with van der Waals surface area (Å²) in [4.78, 5) is 25.3. The largest absolute Gasteiger partial charge is 0.324 e. The van der Waals surface area contributed by atoms with Crippen LogP contribution in [0.5, 0.6) is 0 Å². The summed E-state index contributed by atoms with van der Waals surface area (Å²) >= 11 is 5.49. The maximum atomic E-state index is 12.0. The minimum Gasteiger partial charge on any atom is -0.321 e. The highest BCUT2D eigenvalue weighted by atomic mass is 35.5. The second-order valence-electron chi connectivity index (χ2n) is 5.24. The number of hydrogen-bond acceptors (Lipinski definition) is 2. The fraction of sp³-hybridized carbons (Fsp3) is 0.846. The molecule has 2 aliphatic rings. The smallest absolute Gasteiger partial charge is 0.321 e. The Morgan fingerprint density at radius 3 is 2.56 bits per heavy atom. The summed E-state index contributed by atoms with van der Waals surface area (Å²) in [6, 6.07) is 0.121. The topological polar surface area (TPSA) is 49.4 Å². The number of halogens is 1. The molecule has 4 nitrogen and oxygen atoms in total. The molecule has 0 aromatic rings. The van der Waals surface area contributed by atoms with Crippen LogP contribution < -0.4 is 5.32 Å². The van der Waals surface area contributed by atoms with E-state index >= 15 is 0 Å². The van der Waals surface area contributed by atoms with Gasteiger partial charge in [-0.3, -0.25) is 10.1 Å². The zero-order valence-electron chi connectivity index (χ0n) is 10.7. The van der Waals surface area contributed by atoms with Crippen molar-refractivity contribution >= 4 is 23.5 Å². The molecule has 0 aromatic carbocycles. The number of alkyl halides is 1. The van der Waals surface area contributed by atoms with Gasteiger partial charge in [-0.15, -0.1) is 11.6 Å². The van der Waals surface area contributed by atoms with Gasteiger partial charge in [0.15, 0.2) is 0 Å². The third-order valence-corrected chi connectivity index (χ3v) is 4.26. The molecule has 0 radical (unpaired) electrons. The molecule has 1 N–H and O–H groups in total. The molecular weight excluding hydrogens is 252 g/mol. The van der Waals surface area contributed by atoms with Gasteiger partial charge in [0.05, 0.1) is 0 Å². The maximum absolute atomic E-state index is 12.0. The average molecular weight is 273 g/mol. The molecule has 0 bridgehead atoms. The third kappa shape index (κ3) is 3.16. The first-order valence-corrected chi connectivity index (χ1v) is 7.42. The molecule has 0 spiro atoms. The van der Waals surface area contributed by atoms with Crippen molar-refractivity contribution in [2.75, 3.05) is 12.4 Å². The summed E-state index contributed by atoms with van der Waals surface area (Å²) in [5.74, 6) is 0.624. The predicted molar refractivity (Wildman–Crippen MR) is 70.6 cm³/mol. The first-order valence-electron chi connectivity index (χ1n) is 6.89. The van der Waals surface area contributed by atoms with E-state index in [1.165, 1.54) is 25.7 Å². The molecule has 2 rings (SSSR count). The number of amides is 3. The van der Waals surface area contributed by atoms with Gasteiger partial charge in [0, 0.05) is 24.9 Å². The van der Waals surface area contributed by atoms with Gasteiger partial charge in [-0.25, -0.2) is 4.79 Å². The molecule has 1 saturated carbocycles.